The summed E-state index contributed by atoms with van der Waals surface area (Å²) in [5.41, 5.74) is 2.70. The smallest absolute Gasteiger partial charge is 0.238 e. The SMILES string of the molecule is CC(Cl)c1ncnc(CCCc2ccc(Oc3ccc(Cl)nn3)cc2)c1Cl. The van der Waals surface area contributed by atoms with E-state index in [0.29, 0.717) is 27.5 Å². The fourth-order valence-electron chi connectivity index (χ4n) is 2.54. The molecule has 3 aromatic rings. The van der Waals surface area contributed by atoms with E-state index in [1.165, 1.54) is 11.9 Å². The lowest BCUT2D eigenvalue weighted by molar-refractivity contribution is 0.455. The molecule has 0 aliphatic rings. The lowest BCUT2D eigenvalue weighted by atomic mass is 10.1. The van der Waals surface area contributed by atoms with Crippen LogP contribution in [0.1, 0.15) is 35.7 Å². The minimum absolute atomic E-state index is 0.239. The van der Waals surface area contributed by atoms with Crippen LogP contribution in [0.4, 0.5) is 0 Å². The van der Waals surface area contributed by atoms with Gasteiger partial charge in [-0.2, -0.15) is 0 Å². The number of aromatic nitrogens is 4. The predicted molar refractivity (Wildman–Crippen MR) is 107 cm³/mol. The van der Waals surface area contributed by atoms with Crippen LogP contribution in [0, 0.1) is 0 Å². The van der Waals surface area contributed by atoms with E-state index in [4.69, 9.17) is 39.5 Å². The fourth-order valence-corrected chi connectivity index (χ4v) is 3.21. The molecule has 2 heterocycles. The van der Waals surface area contributed by atoms with E-state index >= 15 is 0 Å². The van der Waals surface area contributed by atoms with Gasteiger partial charge in [0.2, 0.25) is 5.88 Å². The Kier molecular flexibility index (Phi) is 6.83. The van der Waals surface area contributed by atoms with E-state index in [1.54, 1.807) is 12.1 Å². The normalized spacial score (nSPS) is 12.0. The van der Waals surface area contributed by atoms with Gasteiger partial charge in [0.05, 0.1) is 21.8 Å². The van der Waals surface area contributed by atoms with Gasteiger partial charge in [-0.25, -0.2) is 9.97 Å². The first-order chi connectivity index (χ1) is 13.0. The molecular weight excluding hydrogens is 407 g/mol. The highest BCUT2D eigenvalue weighted by Gasteiger charge is 2.13. The summed E-state index contributed by atoms with van der Waals surface area (Å²) >= 11 is 18.1. The average Bonchev–Trinajstić information content (AvgIpc) is 2.66. The monoisotopic (exact) mass is 422 g/mol. The van der Waals surface area contributed by atoms with Gasteiger partial charge in [0.25, 0.3) is 0 Å². The van der Waals surface area contributed by atoms with Gasteiger partial charge < -0.3 is 4.74 Å². The van der Waals surface area contributed by atoms with E-state index in [9.17, 15) is 0 Å². The standard InChI is InChI=1S/C19H17Cl3N4O/c1-12(20)19-18(22)15(23-11-24-19)4-2-3-13-5-7-14(8-6-13)27-17-10-9-16(21)25-26-17/h5-12H,2-4H2,1H3. The van der Waals surface area contributed by atoms with Crippen LogP contribution in [0.2, 0.25) is 10.2 Å². The van der Waals surface area contributed by atoms with Gasteiger partial charge in [0, 0.05) is 6.07 Å². The Morgan fingerprint density at radius 1 is 0.963 bits per heavy atom. The third-order valence-corrected chi connectivity index (χ3v) is 4.72. The molecule has 0 bridgehead atoms. The Hall–Kier alpha value is -1.95. The maximum atomic E-state index is 6.35. The van der Waals surface area contributed by atoms with Crippen molar-refractivity contribution in [3.63, 3.8) is 0 Å². The molecule has 0 aliphatic carbocycles. The van der Waals surface area contributed by atoms with Gasteiger partial charge in [0.15, 0.2) is 5.15 Å². The molecule has 3 rings (SSSR count). The summed E-state index contributed by atoms with van der Waals surface area (Å²) in [6, 6.07) is 11.1. The van der Waals surface area contributed by atoms with E-state index in [-0.39, 0.29) is 5.38 Å². The van der Waals surface area contributed by atoms with Crippen molar-refractivity contribution in [1.29, 1.82) is 0 Å². The maximum absolute atomic E-state index is 6.35. The van der Waals surface area contributed by atoms with Crippen molar-refractivity contribution >= 4 is 34.8 Å². The number of alkyl halides is 1. The third kappa shape index (κ3) is 5.51. The molecule has 1 unspecified atom stereocenters. The highest BCUT2D eigenvalue weighted by molar-refractivity contribution is 6.33. The van der Waals surface area contributed by atoms with E-state index in [2.05, 4.69) is 20.2 Å². The third-order valence-electron chi connectivity index (χ3n) is 3.90. The largest absolute Gasteiger partial charge is 0.438 e. The summed E-state index contributed by atoms with van der Waals surface area (Å²) in [5.74, 6) is 1.09. The molecule has 5 nitrogen and oxygen atoms in total. The molecule has 1 aromatic carbocycles. The summed E-state index contributed by atoms with van der Waals surface area (Å²) in [6.07, 6.45) is 4.08. The van der Waals surface area contributed by atoms with E-state index in [1.807, 2.05) is 31.2 Å². The Labute approximate surface area is 172 Å². The Morgan fingerprint density at radius 2 is 1.74 bits per heavy atom. The van der Waals surface area contributed by atoms with E-state index < -0.39 is 0 Å². The number of hydrogen-bond donors (Lipinski definition) is 0. The molecule has 0 saturated carbocycles. The number of benzene rings is 1. The van der Waals surface area contributed by atoms with Crippen LogP contribution in [0.3, 0.4) is 0 Å². The van der Waals surface area contributed by atoms with Crippen LogP contribution in [0.15, 0.2) is 42.7 Å². The molecule has 8 heteroatoms. The first-order valence-electron chi connectivity index (χ1n) is 8.42. The van der Waals surface area contributed by atoms with Crippen molar-refractivity contribution in [3.8, 4) is 11.6 Å². The quantitative estimate of drug-likeness (QED) is 0.447. The number of rotatable bonds is 7. The van der Waals surface area contributed by atoms with Gasteiger partial charge >= 0.3 is 0 Å². The molecule has 140 valence electrons. The van der Waals surface area contributed by atoms with Crippen LogP contribution in [-0.2, 0) is 12.8 Å². The van der Waals surface area contributed by atoms with Crippen molar-refractivity contribution in [2.75, 3.05) is 0 Å². The number of aryl methyl sites for hydroxylation is 2. The first kappa shape index (κ1) is 19.8. The number of ether oxygens (including phenoxy) is 1. The number of halogens is 3. The summed E-state index contributed by atoms with van der Waals surface area (Å²) in [4.78, 5) is 8.42. The Morgan fingerprint density at radius 3 is 2.41 bits per heavy atom. The molecule has 2 aromatic heterocycles. The van der Waals surface area contributed by atoms with Crippen molar-refractivity contribution < 1.29 is 4.74 Å². The topological polar surface area (TPSA) is 60.8 Å². The molecule has 0 fully saturated rings. The fraction of sp³-hybridized carbons (Fsp3) is 0.263. The van der Waals surface area contributed by atoms with Gasteiger partial charge in [-0.1, -0.05) is 35.3 Å². The van der Waals surface area contributed by atoms with Gasteiger partial charge in [-0.3, -0.25) is 0 Å². The van der Waals surface area contributed by atoms with Crippen LogP contribution in [-0.4, -0.2) is 20.2 Å². The molecule has 0 aliphatic heterocycles. The summed E-state index contributed by atoms with van der Waals surface area (Å²) in [7, 11) is 0. The molecule has 1 atom stereocenters. The lowest BCUT2D eigenvalue weighted by Gasteiger charge is -2.09. The molecule has 27 heavy (non-hydrogen) atoms. The first-order valence-corrected chi connectivity index (χ1v) is 9.61. The summed E-state index contributed by atoms with van der Waals surface area (Å²) < 4.78 is 5.63. The van der Waals surface area contributed by atoms with E-state index in [0.717, 1.165) is 25.0 Å². The lowest BCUT2D eigenvalue weighted by Crippen LogP contribution is -2.00. The zero-order valence-electron chi connectivity index (χ0n) is 14.6. The Balaban J connectivity index is 1.55. The average molecular weight is 424 g/mol. The van der Waals surface area contributed by atoms with Crippen LogP contribution >= 0.6 is 34.8 Å². The summed E-state index contributed by atoms with van der Waals surface area (Å²) in [6.45, 7) is 1.85. The highest BCUT2D eigenvalue weighted by atomic mass is 35.5. The van der Waals surface area contributed by atoms with Crippen LogP contribution < -0.4 is 4.74 Å². The second kappa shape index (κ2) is 9.31. The zero-order chi connectivity index (χ0) is 19.2. The molecule has 0 amide bonds. The summed E-state index contributed by atoms with van der Waals surface area (Å²) in [5, 5.41) is 8.27. The molecule has 0 spiro atoms. The Bertz CT molecular complexity index is 886. The maximum Gasteiger partial charge on any atom is 0.238 e. The van der Waals surface area contributed by atoms with Gasteiger partial charge in [-0.15, -0.1) is 21.8 Å². The molecule has 0 radical (unpaired) electrons. The van der Waals surface area contributed by atoms with Crippen molar-refractivity contribution in [2.45, 2.75) is 31.6 Å². The van der Waals surface area contributed by atoms with Crippen molar-refractivity contribution in [2.24, 2.45) is 0 Å². The minimum atomic E-state index is -0.239. The van der Waals surface area contributed by atoms with Crippen molar-refractivity contribution in [3.05, 3.63) is 69.9 Å². The van der Waals surface area contributed by atoms with Gasteiger partial charge in [-0.05, 0) is 49.9 Å². The second-order valence-corrected chi connectivity index (χ2v) is 7.35. The predicted octanol–water partition coefficient (Wildman–Crippen LogP) is 5.84. The zero-order valence-corrected chi connectivity index (χ0v) is 16.8. The minimum Gasteiger partial charge on any atom is -0.438 e. The highest BCUT2D eigenvalue weighted by Crippen LogP contribution is 2.27. The molecule has 0 N–H and O–H groups in total. The molecule has 0 saturated heterocycles. The van der Waals surface area contributed by atoms with Crippen LogP contribution in [0.25, 0.3) is 0 Å². The second-order valence-electron chi connectivity index (χ2n) is 5.93. The van der Waals surface area contributed by atoms with Crippen LogP contribution in [0.5, 0.6) is 11.6 Å². The molecular formula is C19H17Cl3N4O. The number of hydrogen-bond acceptors (Lipinski definition) is 5. The van der Waals surface area contributed by atoms with Crippen molar-refractivity contribution in [1.82, 2.24) is 20.2 Å². The van der Waals surface area contributed by atoms with Gasteiger partial charge in [0.1, 0.15) is 12.1 Å². The number of nitrogens with zero attached hydrogens (tertiary/aromatic N) is 4.